The summed E-state index contributed by atoms with van der Waals surface area (Å²) in [7, 11) is 2.93. The second-order valence-electron chi connectivity index (χ2n) is 4.31. The van der Waals surface area contributed by atoms with E-state index in [0.717, 1.165) is 18.2 Å². The van der Waals surface area contributed by atoms with Gasteiger partial charge in [0, 0.05) is 11.6 Å². The molecule has 2 aromatic carbocycles. The first-order valence-electron chi connectivity index (χ1n) is 6.02. The summed E-state index contributed by atoms with van der Waals surface area (Å²) in [5.74, 6) is -0.647. The number of ether oxygens (including phenoxy) is 2. The quantitative estimate of drug-likeness (QED) is 0.902. The minimum absolute atomic E-state index is 0.0999. The maximum Gasteiger partial charge on any atom is 0.142 e. The molecule has 0 saturated carbocycles. The van der Waals surface area contributed by atoms with Crippen LogP contribution in [0.25, 0.3) is 0 Å². The van der Waals surface area contributed by atoms with E-state index in [1.165, 1.54) is 14.2 Å². The van der Waals surface area contributed by atoms with Gasteiger partial charge in [0.25, 0.3) is 0 Å². The van der Waals surface area contributed by atoms with Gasteiger partial charge < -0.3 is 14.6 Å². The van der Waals surface area contributed by atoms with E-state index in [0.29, 0.717) is 21.5 Å². The first-order valence-corrected chi connectivity index (χ1v) is 6.81. The van der Waals surface area contributed by atoms with Crippen molar-refractivity contribution in [1.29, 1.82) is 0 Å². The van der Waals surface area contributed by atoms with E-state index in [-0.39, 0.29) is 5.56 Å². The number of benzene rings is 2. The van der Waals surface area contributed by atoms with Crippen molar-refractivity contribution in [3.63, 3.8) is 0 Å². The Kier molecular flexibility index (Phi) is 4.80. The van der Waals surface area contributed by atoms with Crippen molar-refractivity contribution in [2.24, 2.45) is 0 Å². The Morgan fingerprint density at radius 1 is 1.05 bits per heavy atom. The highest BCUT2D eigenvalue weighted by atomic mass is 79.9. The van der Waals surface area contributed by atoms with Gasteiger partial charge in [0.15, 0.2) is 0 Å². The monoisotopic (exact) mass is 358 g/mol. The Labute approximate surface area is 129 Å². The summed E-state index contributed by atoms with van der Waals surface area (Å²) in [5, 5.41) is 10.4. The summed E-state index contributed by atoms with van der Waals surface area (Å²) in [6.45, 7) is 0. The fraction of sp³-hybridized carbons (Fsp3) is 0.200. The number of aliphatic hydroxyl groups is 1. The topological polar surface area (TPSA) is 38.7 Å². The molecule has 21 heavy (non-hydrogen) atoms. The second kappa shape index (κ2) is 6.41. The minimum Gasteiger partial charge on any atom is -0.495 e. The summed E-state index contributed by atoms with van der Waals surface area (Å²) >= 11 is 3.31. The van der Waals surface area contributed by atoms with Crippen molar-refractivity contribution in [3.8, 4) is 11.5 Å². The SMILES string of the molecule is COc1ccc(C(O)c2cc(F)cc(F)c2)c(OC)c1Br. The molecule has 112 valence electrons. The number of hydrogen-bond acceptors (Lipinski definition) is 3. The lowest BCUT2D eigenvalue weighted by atomic mass is 10.00. The molecular weight excluding hydrogens is 346 g/mol. The van der Waals surface area contributed by atoms with E-state index in [2.05, 4.69) is 15.9 Å². The van der Waals surface area contributed by atoms with Crippen molar-refractivity contribution in [2.45, 2.75) is 6.10 Å². The molecule has 3 nitrogen and oxygen atoms in total. The molecule has 0 radical (unpaired) electrons. The Balaban J connectivity index is 2.52. The zero-order valence-electron chi connectivity index (χ0n) is 11.4. The van der Waals surface area contributed by atoms with E-state index >= 15 is 0 Å². The van der Waals surface area contributed by atoms with Gasteiger partial charge in [0.2, 0.25) is 0 Å². The van der Waals surface area contributed by atoms with Crippen LogP contribution < -0.4 is 9.47 Å². The normalized spacial score (nSPS) is 12.1. The average molecular weight is 359 g/mol. The average Bonchev–Trinajstić information content (AvgIpc) is 2.45. The van der Waals surface area contributed by atoms with Gasteiger partial charge >= 0.3 is 0 Å². The molecule has 0 amide bonds. The zero-order chi connectivity index (χ0) is 15.6. The van der Waals surface area contributed by atoms with Gasteiger partial charge in [0.05, 0.1) is 14.2 Å². The first-order chi connectivity index (χ1) is 9.97. The molecule has 1 unspecified atom stereocenters. The summed E-state index contributed by atoms with van der Waals surface area (Å²) in [6.07, 6.45) is -1.23. The maximum atomic E-state index is 13.3. The predicted octanol–water partition coefficient (Wildman–Crippen LogP) is 3.83. The first kappa shape index (κ1) is 15.7. The van der Waals surface area contributed by atoms with E-state index < -0.39 is 17.7 Å². The fourth-order valence-electron chi connectivity index (χ4n) is 2.05. The Morgan fingerprint density at radius 3 is 2.19 bits per heavy atom. The maximum absolute atomic E-state index is 13.3. The van der Waals surface area contributed by atoms with Crippen LogP contribution in [0.15, 0.2) is 34.8 Å². The van der Waals surface area contributed by atoms with Crippen molar-refractivity contribution in [1.82, 2.24) is 0 Å². The fourth-order valence-corrected chi connectivity index (χ4v) is 2.73. The Morgan fingerprint density at radius 2 is 1.67 bits per heavy atom. The number of halogens is 3. The molecule has 0 aromatic heterocycles. The third-order valence-corrected chi connectivity index (χ3v) is 3.76. The number of methoxy groups -OCH3 is 2. The van der Waals surface area contributed by atoms with Gasteiger partial charge in [-0.2, -0.15) is 0 Å². The lowest BCUT2D eigenvalue weighted by Gasteiger charge is -2.18. The van der Waals surface area contributed by atoms with Crippen LogP contribution in [0.3, 0.4) is 0 Å². The van der Waals surface area contributed by atoms with Crippen molar-refractivity contribution in [2.75, 3.05) is 14.2 Å². The molecule has 1 N–H and O–H groups in total. The molecule has 0 spiro atoms. The van der Waals surface area contributed by atoms with Crippen LogP contribution >= 0.6 is 15.9 Å². The molecule has 0 saturated heterocycles. The molecular formula is C15H13BrF2O3. The molecule has 0 fully saturated rings. The molecule has 0 heterocycles. The van der Waals surface area contributed by atoms with Crippen LogP contribution in [0, 0.1) is 11.6 Å². The van der Waals surface area contributed by atoms with Crippen LogP contribution in [0.2, 0.25) is 0 Å². The van der Waals surface area contributed by atoms with Crippen molar-refractivity contribution < 1.29 is 23.4 Å². The standard InChI is InChI=1S/C15H13BrF2O3/c1-20-12-4-3-11(15(21-2)13(12)16)14(19)8-5-9(17)7-10(18)6-8/h3-7,14,19H,1-2H3. The molecule has 0 bridgehead atoms. The molecule has 2 aromatic rings. The molecule has 2 rings (SSSR count). The summed E-state index contributed by atoms with van der Waals surface area (Å²) in [4.78, 5) is 0. The smallest absolute Gasteiger partial charge is 0.142 e. The zero-order valence-corrected chi connectivity index (χ0v) is 12.9. The third kappa shape index (κ3) is 3.16. The lowest BCUT2D eigenvalue weighted by Crippen LogP contribution is -2.04. The van der Waals surface area contributed by atoms with E-state index in [9.17, 15) is 13.9 Å². The number of aliphatic hydroxyl groups excluding tert-OH is 1. The number of hydrogen-bond donors (Lipinski definition) is 1. The van der Waals surface area contributed by atoms with E-state index in [1.807, 2.05) is 0 Å². The highest BCUT2D eigenvalue weighted by molar-refractivity contribution is 9.10. The van der Waals surface area contributed by atoms with E-state index in [4.69, 9.17) is 9.47 Å². The molecule has 6 heteroatoms. The van der Waals surface area contributed by atoms with Gasteiger partial charge in [0.1, 0.15) is 33.7 Å². The van der Waals surface area contributed by atoms with Crippen LogP contribution in [0.1, 0.15) is 17.2 Å². The van der Waals surface area contributed by atoms with Crippen LogP contribution in [-0.4, -0.2) is 19.3 Å². The van der Waals surface area contributed by atoms with Crippen LogP contribution in [0.4, 0.5) is 8.78 Å². The summed E-state index contributed by atoms with van der Waals surface area (Å²) in [6, 6.07) is 6.10. The summed E-state index contributed by atoms with van der Waals surface area (Å²) in [5.41, 5.74) is 0.470. The van der Waals surface area contributed by atoms with Gasteiger partial charge in [-0.05, 0) is 45.8 Å². The molecule has 0 aliphatic rings. The van der Waals surface area contributed by atoms with E-state index in [1.54, 1.807) is 12.1 Å². The van der Waals surface area contributed by atoms with Gasteiger partial charge in [-0.1, -0.05) is 0 Å². The second-order valence-corrected chi connectivity index (χ2v) is 5.10. The molecule has 0 aliphatic carbocycles. The van der Waals surface area contributed by atoms with Gasteiger partial charge in [-0.3, -0.25) is 0 Å². The molecule has 1 atom stereocenters. The molecule has 0 aliphatic heterocycles. The summed E-state index contributed by atoms with van der Waals surface area (Å²) < 4.78 is 37.4. The Bertz CT molecular complexity index is 641. The largest absolute Gasteiger partial charge is 0.495 e. The predicted molar refractivity (Wildman–Crippen MR) is 77.7 cm³/mol. The van der Waals surface area contributed by atoms with Crippen molar-refractivity contribution >= 4 is 15.9 Å². The van der Waals surface area contributed by atoms with Crippen molar-refractivity contribution in [3.05, 3.63) is 57.6 Å². The lowest BCUT2D eigenvalue weighted by molar-refractivity contribution is 0.213. The van der Waals surface area contributed by atoms with Gasteiger partial charge in [-0.25, -0.2) is 8.78 Å². The highest BCUT2D eigenvalue weighted by Crippen LogP contribution is 2.41. The third-order valence-electron chi connectivity index (χ3n) is 3.01. The Hall–Kier alpha value is -1.66. The number of rotatable bonds is 4. The highest BCUT2D eigenvalue weighted by Gasteiger charge is 2.21. The van der Waals surface area contributed by atoms with Crippen LogP contribution in [-0.2, 0) is 0 Å². The van der Waals surface area contributed by atoms with Gasteiger partial charge in [-0.15, -0.1) is 0 Å². The van der Waals surface area contributed by atoms with Crippen LogP contribution in [0.5, 0.6) is 11.5 Å². The minimum atomic E-state index is -1.23.